The van der Waals surface area contributed by atoms with Crippen LogP contribution in [0.25, 0.3) is 0 Å². The van der Waals surface area contributed by atoms with E-state index in [9.17, 15) is 13.2 Å². The predicted octanol–water partition coefficient (Wildman–Crippen LogP) is 2.80. The van der Waals surface area contributed by atoms with E-state index in [2.05, 4.69) is 5.32 Å². The van der Waals surface area contributed by atoms with Crippen molar-refractivity contribution in [2.75, 3.05) is 13.1 Å². The summed E-state index contributed by atoms with van der Waals surface area (Å²) in [6.45, 7) is 1.57. The van der Waals surface area contributed by atoms with Crippen LogP contribution < -0.4 is 5.32 Å². The molecular formula is C11H11F3N. The molecule has 0 spiro atoms. The molecule has 2 rings (SSSR count). The van der Waals surface area contributed by atoms with Crippen molar-refractivity contribution >= 4 is 0 Å². The Morgan fingerprint density at radius 1 is 1.13 bits per heavy atom. The van der Waals surface area contributed by atoms with Gasteiger partial charge in [-0.3, -0.25) is 0 Å². The van der Waals surface area contributed by atoms with E-state index in [1.165, 1.54) is 0 Å². The molecule has 1 aliphatic rings. The van der Waals surface area contributed by atoms with Gasteiger partial charge in [-0.1, -0.05) is 12.1 Å². The van der Waals surface area contributed by atoms with Crippen LogP contribution in [-0.4, -0.2) is 13.1 Å². The standard InChI is InChI=1S/C11H11F3N/c12-11(13,14)10-3-1-8(2-4-10)9-5-6-15-7-9/h1-4,9H,5-7H2. The van der Waals surface area contributed by atoms with Crippen LogP contribution in [0.3, 0.4) is 0 Å². The molecule has 0 bridgehead atoms. The molecule has 1 aromatic carbocycles. The Morgan fingerprint density at radius 3 is 2.27 bits per heavy atom. The fourth-order valence-electron chi connectivity index (χ4n) is 1.80. The van der Waals surface area contributed by atoms with E-state index < -0.39 is 11.7 Å². The second kappa shape index (κ2) is 3.85. The third kappa shape index (κ3) is 2.31. The van der Waals surface area contributed by atoms with Crippen LogP contribution in [-0.2, 0) is 6.18 Å². The summed E-state index contributed by atoms with van der Waals surface area (Å²) < 4.78 is 36.8. The van der Waals surface area contributed by atoms with Gasteiger partial charge in [0.05, 0.1) is 5.56 Å². The van der Waals surface area contributed by atoms with E-state index in [0.29, 0.717) is 5.92 Å². The fraction of sp³-hybridized carbons (Fsp3) is 0.455. The van der Waals surface area contributed by atoms with E-state index in [0.717, 1.165) is 37.2 Å². The first-order valence-electron chi connectivity index (χ1n) is 4.88. The highest BCUT2D eigenvalue weighted by atomic mass is 19.4. The third-order valence-electron chi connectivity index (χ3n) is 2.69. The molecular weight excluding hydrogens is 203 g/mol. The van der Waals surface area contributed by atoms with Gasteiger partial charge in [-0.25, -0.2) is 5.32 Å². The second-order valence-electron chi connectivity index (χ2n) is 3.74. The summed E-state index contributed by atoms with van der Waals surface area (Å²) in [6, 6.07) is 5.42. The summed E-state index contributed by atoms with van der Waals surface area (Å²) in [5.74, 6) is 0.312. The molecule has 1 nitrogen and oxygen atoms in total. The molecule has 0 aromatic heterocycles. The van der Waals surface area contributed by atoms with Crippen molar-refractivity contribution < 1.29 is 13.2 Å². The van der Waals surface area contributed by atoms with Crippen molar-refractivity contribution in [3.63, 3.8) is 0 Å². The van der Waals surface area contributed by atoms with Crippen molar-refractivity contribution in [3.8, 4) is 0 Å². The Morgan fingerprint density at radius 2 is 1.80 bits per heavy atom. The Kier molecular flexibility index (Phi) is 2.69. The summed E-state index contributed by atoms with van der Waals surface area (Å²) in [5, 5.41) is 4.19. The van der Waals surface area contributed by atoms with Gasteiger partial charge in [-0.15, -0.1) is 0 Å². The van der Waals surface area contributed by atoms with Gasteiger partial charge in [0, 0.05) is 13.1 Å². The number of nitrogens with zero attached hydrogens (tertiary/aromatic N) is 1. The zero-order chi connectivity index (χ0) is 10.9. The molecule has 1 radical (unpaired) electrons. The molecule has 1 saturated heterocycles. The number of halogens is 3. The predicted molar refractivity (Wildman–Crippen MR) is 50.7 cm³/mol. The molecule has 1 atom stereocenters. The van der Waals surface area contributed by atoms with E-state index in [4.69, 9.17) is 0 Å². The van der Waals surface area contributed by atoms with Gasteiger partial charge in [0.1, 0.15) is 0 Å². The van der Waals surface area contributed by atoms with Gasteiger partial charge >= 0.3 is 6.18 Å². The number of rotatable bonds is 1. The third-order valence-corrected chi connectivity index (χ3v) is 2.69. The molecule has 15 heavy (non-hydrogen) atoms. The van der Waals surface area contributed by atoms with Crippen molar-refractivity contribution in [1.29, 1.82) is 0 Å². The molecule has 0 N–H and O–H groups in total. The highest BCUT2D eigenvalue weighted by Crippen LogP contribution is 2.31. The maximum Gasteiger partial charge on any atom is 0.416 e. The van der Waals surface area contributed by atoms with Crippen LogP contribution in [0.1, 0.15) is 23.5 Å². The van der Waals surface area contributed by atoms with Gasteiger partial charge in [-0.2, -0.15) is 13.2 Å². The van der Waals surface area contributed by atoms with Crippen LogP contribution >= 0.6 is 0 Å². The summed E-state index contributed by atoms with van der Waals surface area (Å²) in [7, 11) is 0. The molecule has 1 aromatic rings. The van der Waals surface area contributed by atoms with Gasteiger partial charge in [0.25, 0.3) is 0 Å². The van der Waals surface area contributed by atoms with Crippen molar-refractivity contribution in [3.05, 3.63) is 35.4 Å². The maximum absolute atomic E-state index is 12.3. The highest BCUT2D eigenvalue weighted by Gasteiger charge is 2.30. The summed E-state index contributed by atoms with van der Waals surface area (Å²) in [6.07, 6.45) is -3.29. The van der Waals surface area contributed by atoms with Crippen LogP contribution in [0.2, 0.25) is 0 Å². The fourth-order valence-corrected chi connectivity index (χ4v) is 1.80. The zero-order valence-corrected chi connectivity index (χ0v) is 8.09. The average molecular weight is 214 g/mol. The minimum Gasteiger partial charge on any atom is -0.241 e. The van der Waals surface area contributed by atoms with Crippen LogP contribution in [0.4, 0.5) is 13.2 Å². The van der Waals surface area contributed by atoms with Crippen molar-refractivity contribution in [2.24, 2.45) is 0 Å². The Bertz CT molecular complexity index is 323. The Balaban J connectivity index is 2.16. The lowest BCUT2D eigenvalue weighted by Gasteiger charge is -2.10. The molecule has 0 saturated carbocycles. The van der Waals surface area contributed by atoms with E-state index >= 15 is 0 Å². The minimum absolute atomic E-state index is 0.312. The largest absolute Gasteiger partial charge is 0.416 e. The van der Waals surface area contributed by atoms with E-state index in [1.54, 1.807) is 12.1 Å². The van der Waals surface area contributed by atoms with Crippen LogP contribution in [0, 0.1) is 0 Å². The van der Waals surface area contributed by atoms with Gasteiger partial charge in [0.2, 0.25) is 0 Å². The van der Waals surface area contributed by atoms with Crippen LogP contribution in [0.15, 0.2) is 24.3 Å². The summed E-state index contributed by atoms with van der Waals surface area (Å²) >= 11 is 0. The van der Waals surface area contributed by atoms with E-state index in [1.807, 2.05) is 0 Å². The molecule has 0 amide bonds. The highest BCUT2D eigenvalue weighted by molar-refractivity contribution is 5.27. The molecule has 1 aliphatic heterocycles. The monoisotopic (exact) mass is 214 g/mol. The molecule has 0 aliphatic carbocycles. The Hall–Kier alpha value is -1.03. The normalized spacial score (nSPS) is 21.9. The molecule has 81 valence electrons. The van der Waals surface area contributed by atoms with E-state index in [-0.39, 0.29) is 0 Å². The van der Waals surface area contributed by atoms with Gasteiger partial charge in [-0.05, 0) is 30.0 Å². The lowest BCUT2D eigenvalue weighted by atomic mass is 9.97. The Labute approximate surface area is 86.3 Å². The lowest BCUT2D eigenvalue weighted by molar-refractivity contribution is -0.137. The first kappa shape index (κ1) is 10.5. The lowest BCUT2D eigenvalue weighted by Crippen LogP contribution is -2.06. The topological polar surface area (TPSA) is 14.1 Å². The van der Waals surface area contributed by atoms with Gasteiger partial charge < -0.3 is 0 Å². The van der Waals surface area contributed by atoms with Gasteiger partial charge in [0.15, 0.2) is 0 Å². The molecule has 1 fully saturated rings. The first-order chi connectivity index (χ1) is 7.07. The SMILES string of the molecule is FC(F)(F)c1ccc(C2CC[N]C2)cc1. The number of hydrogen-bond acceptors (Lipinski definition) is 0. The summed E-state index contributed by atoms with van der Waals surface area (Å²) in [5.41, 5.74) is 0.380. The zero-order valence-electron chi connectivity index (χ0n) is 8.09. The quantitative estimate of drug-likeness (QED) is 0.682. The number of benzene rings is 1. The average Bonchev–Trinajstić information content (AvgIpc) is 2.69. The number of alkyl halides is 3. The molecule has 1 heterocycles. The van der Waals surface area contributed by atoms with Crippen molar-refractivity contribution in [1.82, 2.24) is 5.32 Å². The second-order valence-corrected chi connectivity index (χ2v) is 3.74. The number of hydrogen-bond donors (Lipinski definition) is 0. The minimum atomic E-state index is -4.24. The first-order valence-corrected chi connectivity index (χ1v) is 4.88. The van der Waals surface area contributed by atoms with Crippen LogP contribution in [0.5, 0.6) is 0 Å². The summed E-state index contributed by atoms with van der Waals surface area (Å²) in [4.78, 5) is 0. The molecule has 1 unspecified atom stereocenters. The smallest absolute Gasteiger partial charge is 0.241 e. The molecule has 4 heteroatoms. The maximum atomic E-state index is 12.3. The van der Waals surface area contributed by atoms with Crippen molar-refractivity contribution in [2.45, 2.75) is 18.5 Å².